The molecule has 3 aromatic rings. The minimum absolute atomic E-state index is 0.0376. The highest BCUT2D eigenvalue weighted by atomic mass is 32.2. The van der Waals surface area contributed by atoms with Gasteiger partial charge in [0.15, 0.2) is 0 Å². The van der Waals surface area contributed by atoms with Gasteiger partial charge in [-0.05, 0) is 34.9 Å². The molecule has 0 spiro atoms. The van der Waals surface area contributed by atoms with Crippen LogP contribution in [0.15, 0.2) is 72.8 Å². The van der Waals surface area contributed by atoms with Crippen LogP contribution in [0.2, 0.25) is 0 Å². The van der Waals surface area contributed by atoms with Crippen molar-refractivity contribution >= 4 is 21.7 Å². The molecule has 0 aromatic heterocycles. The summed E-state index contributed by atoms with van der Waals surface area (Å²) in [5.41, 5.74) is 3.51. The molecule has 30 heavy (non-hydrogen) atoms. The van der Waals surface area contributed by atoms with Crippen molar-refractivity contribution in [1.29, 1.82) is 5.26 Å². The third-order valence-corrected chi connectivity index (χ3v) is 5.83. The number of benzene rings is 3. The number of esters is 1. The van der Waals surface area contributed by atoms with E-state index in [0.29, 0.717) is 5.56 Å². The Balaban J connectivity index is 1.74. The molecule has 3 rings (SSSR count). The van der Waals surface area contributed by atoms with Gasteiger partial charge in [0.05, 0.1) is 29.1 Å². The van der Waals surface area contributed by atoms with E-state index in [0.717, 1.165) is 27.3 Å². The number of nitriles is 1. The summed E-state index contributed by atoms with van der Waals surface area (Å²) in [6.45, 7) is 0.0376. The lowest BCUT2D eigenvalue weighted by molar-refractivity contribution is 0.0473. The van der Waals surface area contributed by atoms with Gasteiger partial charge in [-0.3, -0.25) is 4.31 Å². The van der Waals surface area contributed by atoms with Crippen LogP contribution in [0.1, 0.15) is 21.5 Å². The van der Waals surface area contributed by atoms with E-state index in [9.17, 15) is 18.5 Å². The van der Waals surface area contributed by atoms with Crippen molar-refractivity contribution in [3.63, 3.8) is 0 Å². The molecule has 0 saturated heterocycles. The van der Waals surface area contributed by atoms with Crippen LogP contribution in [-0.4, -0.2) is 27.7 Å². The topological polar surface area (TPSA) is 87.5 Å². The van der Waals surface area contributed by atoms with Gasteiger partial charge in [-0.1, -0.05) is 54.6 Å². The molecule has 0 aliphatic heterocycles. The Hall–Kier alpha value is -3.63. The number of ether oxygens (including phenoxy) is 1. The molecule has 7 heteroatoms. The van der Waals surface area contributed by atoms with Crippen LogP contribution < -0.4 is 4.31 Å². The number of nitrogens with zero attached hydrogens (tertiary/aromatic N) is 2. The summed E-state index contributed by atoms with van der Waals surface area (Å²) in [7, 11) is -2.13. The van der Waals surface area contributed by atoms with Crippen LogP contribution in [0.25, 0.3) is 11.1 Å². The number of hydrogen-bond acceptors (Lipinski definition) is 5. The fraction of sp³-hybridized carbons (Fsp3) is 0.130. The molecule has 0 fully saturated rings. The summed E-state index contributed by atoms with van der Waals surface area (Å²) in [5.74, 6) is -0.611. The molecule has 0 amide bonds. The molecule has 0 N–H and O–H groups in total. The number of anilines is 1. The van der Waals surface area contributed by atoms with Crippen molar-refractivity contribution in [1.82, 2.24) is 0 Å². The smallest absolute Gasteiger partial charge is 0.340 e. The van der Waals surface area contributed by atoms with Crippen LogP contribution in [0.5, 0.6) is 0 Å². The number of para-hydroxylation sites is 1. The second-order valence-corrected chi connectivity index (χ2v) is 8.69. The average molecular weight is 420 g/mol. The standard InChI is InChI=1S/C23H20N2O4S/c1-25(30(2,27)28)22-10-6-5-9-21(22)23(26)29-16-17-11-13-18(14-12-17)20-8-4-3-7-19(20)15-24/h3-14H,16H2,1-2H3. The Labute approximate surface area is 176 Å². The Bertz CT molecular complexity index is 1210. The van der Waals surface area contributed by atoms with Crippen molar-refractivity contribution in [3.05, 3.63) is 89.5 Å². The summed E-state index contributed by atoms with van der Waals surface area (Å²) < 4.78 is 30.1. The Morgan fingerprint density at radius 3 is 2.30 bits per heavy atom. The molecular formula is C23H20N2O4S. The van der Waals surface area contributed by atoms with E-state index in [4.69, 9.17) is 4.74 Å². The van der Waals surface area contributed by atoms with E-state index < -0.39 is 16.0 Å². The van der Waals surface area contributed by atoms with Crippen molar-refractivity contribution in [2.75, 3.05) is 17.6 Å². The fourth-order valence-electron chi connectivity index (χ4n) is 2.94. The molecule has 6 nitrogen and oxygen atoms in total. The Morgan fingerprint density at radius 2 is 1.63 bits per heavy atom. The number of carbonyl (C=O) groups is 1. The summed E-state index contributed by atoms with van der Waals surface area (Å²) in [6, 6.07) is 23.3. The maximum Gasteiger partial charge on any atom is 0.340 e. The molecule has 0 radical (unpaired) electrons. The lowest BCUT2D eigenvalue weighted by atomic mass is 9.99. The lowest BCUT2D eigenvalue weighted by Crippen LogP contribution is -2.26. The number of carbonyl (C=O) groups excluding carboxylic acids is 1. The maximum absolute atomic E-state index is 12.6. The highest BCUT2D eigenvalue weighted by Crippen LogP contribution is 2.25. The minimum Gasteiger partial charge on any atom is -0.457 e. The first-order valence-corrected chi connectivity index (χ1v) is 10.9. The molecule has 0 bridgehead atoms. The average Bonchev–Trinajstić information content (AvgIpc) is 2.76. The molecule has 152 valence electrons. The molecule has 0 atom stereocenters. The SMILES string of the molecule is CN(c1ccccc1C(=O)OCc1ccc(-c2ccccc2C#N)cc1)S(C)(=O)=O. The summed E-state index contributed by atoms with van der Waals surface area (Å²) in [5, 5.41) is 9.25. The normalized spacial score (nSPS) is 10.8. The predicted molar refractivity (Wildman–Crippen MR) is 115 cm³/mol. The van der Waals surface area contributed by atoms with Crippen molar-refractivity contribution in [2.45, 2.75) is 6.61 Å². The monoisotopic (exact) mass is 420 g/mol. The zero-order chi connectivity index (χ0) is 21.7. The van der Waals surface area contributed by atoms with Crippen LogP contribution in [0, 0.1) is 11.3 Å². The predicted octanol–water partition coefficient (Wildman–Crippen LogP) is 3.98. The molecule has 0 aliphatic rings. The second kappa shape index (κ2) is 8.80. The maximum atomic E-state index is 12.6. The number of hydrogen-bond donors (Lipinski definition) is 0. The second-order valence-electron chi connectivity index (χ2n) is 6.68. The first-order valence-electron chi connectivity index (χ1n) is 9.10. The van der Waals surface area contributed by atoms with E-state index in [1.54, 1.807) is 24.3 Å². The van der Waals surface area contributed by atoms with Crippen molar-refractivity contribution in [3.8, 4) is 17.2 Å². The summed E-state index contributed by atoms with van der Waals surface area (Å²) in [4.78, 5) is 12.6. The van der Waals surface area contributed by atoms with Crippen molar-refractivity contribution < 1.29 is 17.9 Å². The molecule has 0 saturated carbocycles. The Morgan fingerprint density at radius 1 is 1.00 bits per heavy atom. The molecule has 3 aromatic carbocycles. The summed E-state index contributed by atoms with van der Waals surface area (Å²) >= 11 is 0. The Kier molecular flexibility index (Phi) is 6.19. The van der Waals surface area contributed by atoms with E-state index in [1.807, 2.05) is 42.5 Å². The first kappa shape index (κ1) is 21.1. The van der Waals surface area contributed by atoms with Gasteiger partial charge < -0.3 is 4.74 Å². The van der Waals surface area contributed by atoms with Crippen LogP contribution >= 0.6 is 0 Å². The van der Waals surface area contributed by atoms with Gasteiger partial charge in [0.2, 0.25) is 10.0 Å². The number of sulfonamides is 1. The van der Waals surface area contributed by atoms with Crippen LogP contribution in [0.4, 0.5) is 5.69 Å². The zero-order valence-electron chi connectivity index (χ0n) is 16.6. The molecule has 0 aliphatic carbocycles. The molecular weight excluding hydrogens is 400 g/mol. The van der Waals surface area contributed by atoms with E-state index in [-0.39, 0.29) is 17.9 Å². The third kappa shape index (κ3) is 4.67. The highest BCUT2D eigenvalue weighted by molar-refractivity contribution is 7.92. The van der Waals surface area contributed by atoms with E-state index in [1.165, 1.54) is 13.1 Å². The number of rotatable bonds is 6. The quantitative estimate of drug-likeness (QED) is 0.563. The molecule has 0 unspecified atom stereocenters. The van der Waals surface area contributed by atoms with Gasteiger partial charge in [0.25, 0.3) is 0 Å². The van der Waals surface area contributed by atoms with Gasteiger partial charge in [-0.25, -0.2) is 13.2 Å². The van der Waals surface area contributed by atoms with Gasteiger partial charge in [0.1, 0.15) is 6.61 Å². The minimum atomic E-state index is -3.51. The lowest BCUT2D eigenvalue weighted by Gasteiger charge is -2.19. The summed E-state index contributed by atoms with van der Waals surface area (Å²) in [6.07, 6.45) is 1.07. The van der Waals surface area contributed by atoms with Gasteiger partial charge in [-0.15, -0.1) is 0 Å². The van der Waals surface area contributed by atoms with Crippen LogP contribution in [-0.2, 0) is 21.4 Å². The van der Waals surface area contributed by atoms with E-state index in [2.05, 4.69) is 6.07 Å². The molecule has 0 heterocycles. The highest BCUT2D eigenvalue weighted by Gasteiger charge is 2.20. The van der Waals surface area contributed by atoms with Gasteiger partial charge >= 0.3 is 5.97 Å². The first-order chi connectivity index (χ1) is 14.3. The van der Waals surface area contributed by atoms with Gasteiger partial charge in [-0.2, -0.15) is 5.26 Å². The largest absolute Gasteiger partial charge is 0.457 e. The van der Waals surface area contributed by atoms with Crippen LogP contribution in [0.3, 0.4) is 0 Å². The third-order valence-electron chi connectivity index (χ3n) is 4.64. The van der Waals surface area contributed by atoms with Gasteiger partial charge in [0, 0.05) is 7.05 Å². The fourth-order valence-corrected chi connectivity index (χ4v) is 3.46. The zero-order valence-corrected chi connectivity index (χ0v) is 17.4. The van der Waals surface area contributed by atoms with Crippen molar-refractivity contribution in [2.24, 2.45) is 0 Å². The van der Waals surface area contributed by atoms with E-state index >= 15 is 0 Å².